The Hall–Kier alpha value is -1.84. The number of piperazine rings is 1. The smallest absolute Gasteiger partial charge is 0.380 e. The number of hydrogen-bond donors (Lipinski definition) is 1. The molecule has 0 aliphatic carbocycles. The third-order valence-electron chi connectivity index (χ3n) is 4.35. The zero-order valence-corrected chi connectivity index (χ0v) is 15.7. The first-order valence-corrected chi connectivity index (χ1v) is 8.23. The molecule has 0 radical (unpaired) electrons. The van der Waals surface area contributed by atoms with Crippen molar-refractivity contribution in [3.63, 3.8) is 0 Å². The molecule has 1 heterocycles. The average Bonchev–Trinajstić information content (AvgIpc) is 2.64. The summed E-state index contributed by atoms with van der Waals surface area (Å²) in [7, 11) is 1.48. The van der Waals surface area contributed by atoms with Crippen LogP contribution in [0, 0.1) is 0 Å². The van der Waals surface area contributed by atoms with Crippen LogP contribution in [0.5, 0.6) is 0 Å². The van der Waals surface area contributed by atoms with Crippen LogP contribution in [-0.2, 0) is 15.7 Å². The third-order valence-corrected chi connectivity index (χ3v) is 4.35. The van der Waals surface area contributed by atoms with Crippen molar-refractivity contribution in [1.29, 1.82) is 0 Å². The molecular formula is C17H23ClF3N3O3. The summed E-state index contributed by atoms with van der Waals surface area (Å²) in [5.74, 6) is -0.589. The second-order valence-electron chi connectivity index (χ2n) is 6.05. The first-order chi connectivity index (χ1) is 12.3. The van der Waals surface area contributed by atoms with Crippen LogP contribution in [0.25, 0.3) is 0 Å². The summed E-state index contributed by atoms with van der Waals surface area (Å²) in [5, 5.41) is 0. The minimum atomic E-state index is -4.50. The van der Waals surface area contributed by atoms with E-state index in [4.69, 9.17) is 10.5 Å². The van der Waals surface area contributed by atoms with Gasteiger partial charge in [0.15, 0.2) is 0 Å². The van der Waals surface area contributed by atoms with Gasteiger partial charge < -0.3 is 20.3 Å². The van der Waals surface area contributed by atoms with E-state index in [0.717, 1.165) is 12.1 Å². The number of nitrogens with zero attached hydrogens (tertiary/aromatic N) is 2. The molecule has 1 aliphatic heterocycles. The molecule has 1 saturated heterocycles. The molecule has 1 aliphatic rings. The summed E-state index contributed by atoms with van der Waals surface area (Å²) in [5.41, 5.74) is 4.63. The summed E-state index contributed by atoms with van der Waals surface area (Å²) < 4.78 is 43.5. The SMILES string of the molecule is COC(CN)CC(=O)N1CCN(C(=O)c2cccc(C(F)(F)F)c2)CC1.Cl. The first kappa shape index (κ1) is 23.2. The molecule has 1 atom stereocenters. The van der Waals surface area contributed by atoms with Crippen molar-refractivity contribution in [2.75, 3.05) is 39.8 Å². The van der Waals surface area contributed by atoms with Crippen molar-refractivity contribution < 1.29 is 27.5 Å². The molecule has 6 nitrogen and oxygen atoms in total. The van der Waals surface area contributed by atoms with Crippen LogP contribution in [0.2, 0.25) is 0 Å². The number of methoxy groups -OCH3 is 1. The summed E-state index contributed by atoms with van der Waals surface area (Å²) in [6.45, 7) is 1.41. The van der Waals surface area contributed by atoms with Crippen molar-refractivity contribution in [2.24, 2.45) is 5.73 Å². The highest BCUT2D eigenvalue weighted by Gasteiger charge is 2.32. The number of carbonyl (C=O) groups is 2. The zero-order valence-electron chi connectivity index (χ0n) is 14.9. The predicted molar refractivity (Wildman–Crippen MR) is 95.6 cm³/mol. The van der Waals surface area contributed by atoms with E-state index >= 15 is 0 Å². The molecule has 27 heavy (non-hydrogen) atoms. The van der Waals surface area contributed by atoms with Gasteiger partial charge in [0.05, 0.1) is 18.1 Å². The highest BCUT2D eigenvalue weighted by atomic mass is 35.5. The van der Waals surface area contributed by atoms with Crippen molar-refractivity contribution >= 4 is 24.2 Å². The van der Waals surface area contributed by atoms with Crippen LogP contribution >= 0.6 is 12.4 Å². The first-order valence-electron chi connectivity index (χ1n) is 8.23. The lowest BCUT2D eigenvalue weighted by molar-refractivity contribution is -0.137. The Balaban J connectivity index is 0.00000364. The lowest BCUT2D eigenvalue weighted by Crippen LogP contribution is -2.51. The Bertz CT molecular complexity index is 646. The highest BCUT2D eigenvalue weighted by Crippen LogP contribution is 2.29. The Kier molecular flexibility index (Phi) is 8.52. The monoisotopic (exact) mass is 409 g/mol. The number of rotatable bonds is 5. The maximum atomic E-state index is 12.8. The van der Waals surface area contributed by atoms with Gasteiger partial charge in [-0.15, -0.1) is 12.4 Å². The van der Waals surface area contributed by atoms with E-state index in [2.05, 4.69) is 0 Å². The second-order valence-corrected chi connectivity index (χ2v) is 6.05. The lowest BCUT2D eigenvalue weighted by atomic mass is 10.1. The van der Waals surface area contributed by atoms with E-state index in [1.54, 1.807) is 4.90 Å². The summed E-state index contributed by atoms with van der Waals surface area (Å²) in [4.78, 5) is 27.7. The molecule has 1 fully saturated rings. The van der Waals surface area contributed by atoms with E-state index in [1.807, 2.05) is 0 Å². The van der Waals surface area contributed by atoms with Gasteiger partial charge in [0.1, 0.15) is 0 Å². The number of halogens is 4. The molecule has 0 spiro atoms. The van der Waals surface area contributed by atoms with Crippen molar-refractivity contribution in [3.05, 3.63) is 35.4 Å². The van der Waals surface area contributed by atoms with Crippen LogP contribution in [0.1, 0.15) is 22.3 Å². The Morgan fingerprint density at radius 3 is 2.30 bits per heavy atom. The molecule has 1 aromatic carbocycles. The van der Waals surface area contributed by atoms with Gasteiger partial charge in [-0.25, -0.2) is 0 Å². The van der Waals surface area contributed by atoms with Gasteiger partial charge in [-0.05, 0) is 18.2 Å². The lowest BCUT2D eigenvalue weighted by Gasteiger charge is -2.35. The molecule has 10 heteroatoms. The van der Waals surface area contributed by atoms with Crippen LogP contribution in [-0.4, -0.2) is 67.6 Å². The maximum absolute atomic E-state index is 12.8. The van der Waals surface area contributed by atoms with Gasteiger partial charge >= 0.3 is 6.18 Å². The topological polar surface area (TPSA) is 75.9 Å². The molecular weight excluding hydrogens is 387 g/mol. The minimum absolute atomic E-state index is 0. The fourth-order valence-corrected chi connectivity index (χ4v) is 2.76. The fourth-order valence-electron chi connectivity index (χ4n) is 2.76. The molecule has 0 saturated carbocycles. The number of carbonyl (C=O) groups excluding carboxylic acids is 2. The average molecular weight is 410 g/mol. The Labute approximate surface area is 161 Å². The van der Waals surface area contributed by atoms with Crippen molar-refractivity contribution in [2.45, 2.75) is 18.7 Å². The normalized spacial score (nSPS) is 15.9. The van der Waals surface area contributed by atoms with Gasteiger partial charge in [-0.3, -0.25) is 9.59 Å². The van der Waals surface area contributed by atoms with E-state index in [9.17, 15) is 22.8 Å². The minimum Gasteiger partial charge on any atom is -0.380 e. The van der Waals surface area contributed by atoms with Crippen LogP contribution in [0.15, 0.2) is 24.3 Å². The third kappa shape index (κ3) is 6.08. The Morgan fingerprint density at radius 1 is 1.19 bits per heavy atom. The number of amides is 2. The quantitative estimate of drug-likeness (QED) is 0.804. The number of benzene rings is 1. The molecule has 1 unspecified atom stereocenters. The number of alkyl halides is 3. The van der Waals surface area contributed by atoms with E-state index in [-0.39, 0.29) is 56.0 Å². The standard InChI is InChI=1S/C17H22F3N3O3.ClH/c1-26-14(11-21)10-15(24)22-5-7-23(8-6-22)16(25)12-3-2-4-13(9-12)17(18,19)20;/h2-4,9,14H,5-8,10-11,21H2,1H3;1H. The zero-order chi connectivity index (χ0) is 19.3. The van der Waals surface area contributed by atoms with Gasteiger partial charge in [-0.1, -0.05) is 6.07 Å². The summed E-state index contributed by atoms with van der Waals surface area (Å²) >= 11 is 0. The largest absolute Gasteiger partial charge is 0.416 e. The fraction of sp³-hybridized carbons (Fsp3) is 0.529. The Morgan fingerprint density at radius 2 is 1.78 bits per heavy atom. The molecule has 2 rings (SSSR count). The van der Waals surface area contributed by atoms with Crippen LogP contribution in [0.3, 0.4) is 0 Å². The van der Waals surface area contributed by atoms with E-state index in [0.29, 0.717) is 13.1 Å². The molecule has 0 bridgehead atoms. The van der Waals surface area contributed by atoms with Crippen molar-refractivity contribution in [1.82, 2.24) is 9.80 Å². The summed E-state index contributed by atoms with van der Waals surface area (Å²) in [6, 6.07) is 4.36. The van der Waals surface area contributed by atoms with Gasteiger partial charge in [0.25, 0.3) is 5.91 Å². The highest BCUT2D eigenvalue weighted by molar-refractivity contribution is 5.94. The second kappa shape index (κ2) is 9.91. The van der Waals surface area contributed by atoms with Gasteiger partial charge in [-0.2, -0.15) is 13.2 Å². The molecule has 2 amide bonds. The van der Waals surface area contributed by atoms with Gasteiger partial charge in [0, 0.05) is 45.4 Å². The van der Waals surface area contributed by atoms with Crippen molar-refractivity contribution in [3.8, 4) is 0 Å². The molecule has 2 N–H and O–H groups in total. The molecule has 1 aromatic rings. The van der Waals surface area contributed by atoms with Crippen LogP contribution in [0.4, 0.5) is 13.2 Å². The van der Waals surface area contributed by atoms with Gasteiger partial charge in [0.2, 0.25) is 5.91 Å². The van der Waals surface area contributed by atoms with E-state index in [1.165, 1.54) is 24.1 Å². The maximum Gasteiger partial charge on any atom is 0.416 e. The number of hydrogen-bond acceptors (Lipinski definition) is 4. The van der Waals surface area contributed by atoms with Crippen LogP contribution < -0.4 is 5.73 Å². The molecule has 0 aromatic heterocycles. The van der Waals surface area contributed by atoms with E-state index < -0.39 is 17.6 Å². The number of ether oxygens (including phenoxy) is 1. The number of nitrogens with two attached hydrogens (primary N) is 1. The molecule has 152 valence electrons. The predicted octanol–water partition coefficient (Wildman–Crippen LogP) is 1.78. The summed E-state index contributed by atoms with van der Waals surface area (Å²) in [6.07, 6.45) is -4.69.